The standard InChI is InChI=1S/C18H23NO2/c1-19(2)13-14-21-18(16-11-7-4-8-12-16)17(20)15-9-5-3-6-10-15/h3-12,17-18,20H,13-14H2,1-2H3/t17-,18-/m0/s1. The Labute approximate surface area is 126 Å². The smallest absolute Gasteiger partial charge is 0.113 e. The van der Waals surface area contributed by atoms with Crippen molar-refractivity contribution in [2.24, 2.45) is 0 Å². The van der Waals surface area contributed by atoms with Gasteiger partial charge in [-0.3, -0.25) is 0 Å². The maximum absolute atomic E-state index is 10.7. The molecule has 0 fully saturated rings. The minimum Gasteiger partial charge on any atom is -0.385 e. The molecule has 21 heavy (non-hydrogen) atoms. The zero-order valence-electron chi connectivity index (χ0n) is 12.6. The van der Waals surface area contributed by atoms with Crippen LogP contribution in [0.15, 0.2) is 60.7 Å². The monoisotopic (exact) mass is 285 g/mol. The molecule has 0 aromatic heterocycles. The summed E-state index contributed by atoms with van der Waals surface area (Å²) in [4.78, 5) is 2.07. The maximum Gasteiger partial charge on any atom is 0.113 e. The van der Waals surface area contributed by atoms with E-state index in [4.69, 9.17) is 4.74 Å². The molecule has 1 N–H and O–H groups in total. The normalized spacial score (nSPS) is 14.1. The number of likely N-dealkylation sites (N-methyl/N-ethyl adjacent to an activating group) is 1. The van der Waals surface area contributed by atoms with Crippen LogP contribution in [0.3, 0.4) is 0 Å². The number of aliphatic hydroxyl groups excluding tert-OH is 1. The molecule has 0 aliphatic carbocycles. The number of benzene rings is 2. The molecule has 0 radical (unpaired) electrons. The lowest BCUT2D eigenvalue weighted by molar-refractivity contribution is -0.0445. The molecule has 3 heteroatoms. The zero-order valence-corrected chi connectivity index (χ0v) is 12.6. The first-order valence-corrected chi connectivity index (χ1v) is 7.23. The summed E-state index contributed by atoms with van der Waals surface area (Å²) in [5.74, 6) is 0. The third-order valence-electron chi connectivity index (χ3n) is 3.39. The summed E-state index contributed by atoms with van der Waals surface area (Å²) in [5.41, 5.74) is 1.86. The molecule has 2 rings (SSSR count). The highest BCUT2D eigenvalue weighted by Crippen LogP contribution is 2.31. The third-order valence-corrected chi connectivity index (χ3v) is 3.39. The number of nitrogens with zero attached hydrogens (tertiary/aromatic N) is 1. The number of hydrogen-bond donors (Lipinski definition) is 1. The minimum atomic E-state index is -0.671. The lowest BCUT2D eigenvalue weighted by atomic mass is 9.98. The Balaban J connectivity index is 2.15. The predicted molar refractivity (Wildman–Crippen MR) is 85.1 cm³/mol. The van der Waals surface area contributed by atoms with Crippen LogP contribution in [0.2, 0.25) is 0 Å². The maximum atomic E-state index is 10.7. The van der Waals surface area contributed by atoms with E-state index in [1.54, 1.807) is 0 Å². The fourth-order valence-corrected chi connectivity index (χ4v) is 2.20. The highest BCUT2D eigenvalue weighted by Gasteiger charge is 2.23. The van der Waals surface area contributed by atoms with Gasteiger partial charge in [0.15, 0.2) is 0 Å². The minimum absolute atomic E-state index is 0.353. The van der Waals surface area contributed by atoms with Gasteiger partial charge in [-0.05, 0) is 25.2 Å². The quantitative estimate of drug-likeness (QED) is 0.848. The van der Waals surface area contributed by atoms with E-state index in [-0.39, 0.29) is 6.10 Å². The first-order chi connectivity index (χ1) is 10.2. The van der Waals surface area contributed by atoms with Crippen LogP contribution in [0.5, 0.6) is 0 Å². The first kappa shape index (κ1) is 15.7. The summed E-state index contributed by atoms with van der Waals surface area (Å²) in [6.07, 6.45) is -1.02. The van der Waals surface area contributed by atoms with Crippen molar-refractivity contribution in [2.45, 2.75) is 12.2 Å². The van der Waals surface area contributed by atoms with Gasteiger partial charge in [-0.15, -0.1) is 0 Å². The topological polar surface area (TPSA) is 32.7 Å². The first-order valence-electron chi connectivity index (χ1n) is 7.23. The Morgan fingerprint density at radius 1 is 0.905 bits per heavy atom. The van der Waals surface area contributed by atoms with Crippen LogP contribution < -0.4 is 0 Å². The lowest BCUT2D eigenvalue weighted by Crippen LogP contribution is -2.22. The van der Waals surface area contributed by atoms with Crippen LogP contribution >= 0.6 is 0 Å². The second kappa shape index (κ2) is 7.93. The highest BCUT2D eigenvalue weighted by atomic mass is 16.5. The number of aliphatic hydroxyl groups is 1. The number of hydrogen-bond acceptors (Lipinski definition) is 3. The van der Waals surface area contributed by atoms with Gasteiger partial charge >= 0.3 is 0 Å². The van der Waals surface area contributed by atoms with E-state index in [0.717, 1.165) is 17.7 Å². The molecule has 0 amide bonds. The average molecular weight is 285 g/mol. The van der Waals surface area contributed by atoms with Crippen LogP contribution in [-0.4, -0.2) is 37.3 Å². The van der Waals surface area contributed by atoms with E-state index in [2.05, 4.69) is 4.90 Å². The van der Waals surface area contributed by atoms with Gasteiger partial charge in [-0.2, -0.15) is 0 Å². The van der Waals surface area contributed by atoms with Crippen molar-refractivity contribution in [2.75, 3.05) is 27.2 Å². The molecular weight excluding hydrogens is 262 g/mol. The van der Waals surface area contributed by atoms with E-state index >= 15 is 0 Å². The molecular formula is C18H23NO2. The molecule has 2 aromatic carbocycles. The van der Waals surface area contributed by atoms with E-state index in [0.29, 0.717) is 6.61 Å². The van der Waals surface area contributed by atoms with Crippen LogP contribution in [-0.2, 0) is 4.74 Å². The van der Waals surface area contributed by atoms with Crippen molar-refractivity contribution in [3.05, 3.63) is 71.8 Å². The summed E-state index contributed by atoms with van der Waals surface area (Å²) in [6, 6.07) is 19.5. The van der Waals surface area contributed by atoms with Gasteiger partial charge in [-0.1, -0.05) is 60.7 Å². The fourth-order valence-electron chi connectivity index (χ4n) is 2.20. The van der Waals surface area contributed by atoms with E-state index < -0.39 is 6.10 Å². The second-order valence-electron chi connectivity index (χ2n) is 5.36. The molecule has 0 aliphatic rings. The third kappa shape index (κ3) is 4.67. The van der Waals surface area contributed by atoms with Crippen molar-refractivity contribution in [3.8, 4) is 0 Å². The van der Waals surface area contributed by atoms with Gasteiger partial charge in [0.25, 0.3) is 0 Å². The highest BCUT2D eigenvalue weighted by molar-refractivity contribution is 5.25. The van der Waals surface area contributed by atoms with Gasteiger partial charge < -0.3 is 14.7 Å². The Kier molecular flexibility index (Phi) is 5.93. The molecule has 0 saturated carbocycles. The van der Waals surface area contributed by atoms with Crippen molar-refractivity contribution >= 4 is 0 Å². The van der Waals surface area contributed by atoms with Gasteiger partial charge in [0, 0.05) is 6.54 Å². The molecule has 0 spiro atoms. The Bertz CT molecular complexity index is 513. The van der Waals surface area contributed by atoms with Crippen LogP contribution in [0, 0.1) is 0 Å². The Morgan fingerprint density at radius 3 is 1.95 bits per heavy atom. The molecule has 0 bridgehead atoms. The van der Waals surface area contributed by atoms with Crippen LogP contribution in [0.4, 0.5) is 0 Å². The van der Waals surface area contributed by atoms with Crippen LogP contribution in [0.25, 0.3) is 0 Å². The summed E-state index contributed by atoms with van der Waals surface area (Å²) >= 11 is 0. The summed E-state index contributed by atoms with van der Waals surface area (Å²) in [5, 5.41) is 10.7. The van der Waals surface area contributed by atoms with Crippen LogP contribution in [0.1, 0.15) is 23.3 Å². The average Bonchev–Trinajstić information content (AvgIpc) is 2.52. The fraction of sp³-hybridized carbons (Fsp3) is 0.333. The summed E-state index contributed by atoms with van der Waals surface area (Å²) in [7, 11) is 4.02. The molecule has 2 aromatic rings. The largest absolute Gasteiger partial charge is 0.385 e. The van der Waals surface area contributed by atoms with E-state index in [9.17, 15) is 5.11 Å². The van der Waals surface area contributed by atoms with Gasteiger partial charge in [0.1, 0.15) is 12.2 Å². The molecule has 2 atom stereocenters. The summed E-state index contributed by atoms with van der Waals surface area (Å²) in [6.45, 7) is 1.40. The van der Waals surface area contributed by atoms with Crippen molar-refractivity contribution < 1.29 is 9.84 Å². The molecule has 0 aliphatic heterocycles. The van der Waals surface area contributed by atoms with Gasteiger partial charge in [0.2, 0.25) is 0 Å². The van der Waals surface area contributed by atoms with Gasteiger partial charge in [-0.25, -0.2) is 0 Å². The Hall–Kier alpha value is -1.68. The molecule has 0 saturated heterocycles. The second-order valence-corrected chi connectivity index (χ2v) is 5.36. The SMILES string of the molecule is CN(C)CCO[C@@H](c1ccccc1)[C@@H](O)c1ccccc1. The van der Waals surface area contributed by atoms with Crippen molar-refractivity contribution in [3.63, 3.8) is 0 Å². The van der Waals surface area contributed by atoms with E-state index in [1.165, 1.54) is 0 Å². The summed E-state index contributed by atoms with van der Waals surface area (Å²) < 4.78 is 5.96. The molecule has 0 heterocycles. The number of ether oxygens (including phenoxy) is 1. The van der Waals surface area contributed by atoms with Crippen molar-refractivity contribution in [1.29, 1.82) is 0 Å². The predicted octanol–water partition coefficient (Wildman–Crippen LogP) is 3.04. The van der Waals surface area contributed by atoms with E-state index in [1.807, 2.05) is 74.8 Å². The zero-order chi connectivity index (χ0) is 15.1. The number of rotatable bonds is 7. The molecule has 3 nitrogen and oxygen atoms in total. The van der Waals surface area contributed by atoms with Gasteiger partial charge in [0.05, 0.1) is 6.61 Å². The Morgan fingerprint density at radius 2 is 1.43 bits per heavy atom. The van der Waals surface area contributed by atoms with Crippen molar-refractivity contribution in [1.82, 2.24) is 4.90 Å². The lowest BCUT2D eigenvalue weighted by Gasteiger charge is -2.25. The molecule has 0 unspecified atom stereocenters. The molecule has 112 valence electrons.